The Morgan fingerprint density at radius 1 is 1.19 bits per heavy atom. The summed E-state index contributed by atoms with van der Waals surface area (Å²) in [5, 5.41) is 8.01. The Balaban J connectivity index is 1.63. The van der Waals surface area contributed by atoms with Crippen LogP contribution in [0.1, 0.15) is 28.1 Å². The summed E-state index contributed by atoms with van der Waals surface area (Å²) in [4.78, 5) is 2.33. The predicted molar refractivity (Wildman–Crippen MR) is 86.6 cm³/mol. The van der Waals surface area contributed by atoms with Crippen LogP contribution in [0.4, 0.5) is 5.69 Å². The lowest BCUT2D eigenvalue weighted by atomic mass is 10.1. The second-order valence-corrected chi connectivity index (χ2v) is 6.01. The standard InChI is InChI=1S/C17H24N4/c1-12-16(13(2)21(4)19-12)11-18-10-14-5-6-17-15(9-14)7-8-20(17)3/h5-6,9,18H,7-8,10-11H2,1-4H3. The van der Waals surface area contributed by atoms with Crippen molar-refractivity contribution in [3.05, 3.63) is 46.3 Å². The number of rotatable bonds is 4. The molecule has 1 aliphatic heterocycles. The molecule has 0 spiro atoms. The zero-order valence-electron chi connectivity index (χ0n) is 13.4. The van der Waals surface area contributed by atoms with Crippen LogP contribution in [0.3, 0.4) is 0 Å². The van der Waals surface area contributed by atoms with E-state index in [-0.39, 0.29) is 0 Å². The molecule has 1 aromatic carbocycles. The van der Waals surface area contributed by atoms with Crippen molar-refractivity contribution in [3.63, 3.8) is 0 Å². The molecular formula is C17H24N4. The van der Waals surface area contributed by atoms with Crippen LogP contribution in [0.5, 0.6) is 0 Å². The highest BCUT2D eigenvalue weighted by atomic mass is 15.3. The van der Waals surface area contributed by atoms with E-state index >= 15 is 0 Å². The maximum absolute atomic E-state index is 4.46. The van der Waals surface area contributed by atoms with Gasteiger partial charge in [0.25, 0.3) is 0 Å². The highest BCUT2D eigenvalue weighted by Gasteiger charge is 2.15. The molecule has 3 rings (SSSR count). The van der Waals surface area contributed by atoms with Crippen LogP contribution in [-0.4, -0.2) is 23.4 Å². The van der Waals surface area contributed by atoms with E-state index in [1.165, 1.54) is 34.5 Å². The quantitative estimate of drug-likeness (QED) is 0.935. The van der Waals surface area contributed by atoms with Crippen LogP contribution in [-0.2, 0) is 26.6 Å². The van der Waals surface area contributed by atoms with Crippen molar-refractivity contribution in [3.8, 4) is 0 Å². The highest BCUT2D eigenvalue weighted by molar-refractivity contribution is 5.58. The van der Waals surface area contributed by atoms with Crippen LogP contribution in [0.2, 0.25) is 0 Å². The van der Waals surface area contributed by atoms with E-state index in [4.69, 9.17) is 0 Å². The Kier molecular flexibility index (Phi) is 3.72. The van der Waals surface area contributed by atoms with E-state index in [0.717, 1.165) is 25.3 Å². The number of nitrogens with zero attached hydrogens (tertiary/aromatic N) is 3. The van der Waals surface area contributed by atoms with Crippen molar-refractivity contribution >= 4 is 5.69 Å². The Bertz CT molecular complexity index is 657. The van der Waals surface area contributed by atoms with Gasteiger partial charge in [0, 0.05) is 50.7 Å². The lowest BCUT2D eigenvalue weighted by molar-refractivity contribution is 0.683. The molecule has 2 aromatic rings. The minimum absolute atomic E-state index is 0.877. The van der Waals surface area contributed by atoms with E-state index in [9.17, 15) is 0 Å². The van der Waals surface area contributed by atoms with Crippen LogP contribution < -0.4 is 10.2 Å². The third kappa shape index (κ3) is 2.68. The van der Waals surface area contributed by atoms with Crippen molar-refractivity contribution in [1.29, 1.82) is 0 Å². The number of hydrogen-bond donors (Lipinski definition) is 1. The van der Waals surface area contributed by atoms with Gasteiger partial charge in [-0.15, -0.1) is 0 Å². The monoisotopic (exact) mass is 284 g/mol. The first-order chi connectivity index (χ1) is 10.1. The summed E-state index contributed by atoms with van der Waals surface area (Å²) < 4.78 is 1.96. The SMILES string of the molecule is Cc1nn(C)c(C)c1CNCc1ccc2c(c1)CCN2C. The Hall–Kier alpha value is -1.81. The molecule has 2 heterocycles. The first-order valence-electron chi connectivity index (χ1n) is 7.59. The van der Waals surface area contributed by atoms with E-state index in [1.54, 1.807) is 0 Å². The third-order valence-corrected chi connectivity index (χ3v) is 4.56. The number of likely N-dealkylation sites (N-methyl/N-ethyl adjacent to an activating group) is 1. The molecule has 0 saturated carbocycles. The van der Waals surface area contributed by atoms with Crippen molar-refractivity contribution in [2.45, 2.75) is 33.4 Å². The number of nitrogens with one attached hydrogen (secondary N) is 1. The van der Waals surface area contributed by atoms with Gasteiger partial charge in [-0.1, -0.05) is 12.1 Å². The largest absolute Gasteiger partial charge is 0.374 e. The van der Waals surface area contributed by atoms with Gasteiger partial charge in [0.1, 0.15) is 0 Å². The number of aromatic nitrogens is 2. The highest BCUT2D eigenvalue weighted by Crippen LogP contribution is 2.27. The molecule has 112 valence electrons. The number of benzene rings is 1. The summed E-state index contributed by atoms with van der Waals surface area (Å²) in [6.07, 6.45) is 1.17. The van der Waals surface area contributed by atoms with Gasteiger partial charge in [-0.05, 0) is 37.5 Å². The molecule has 0 atom stereocenters. The fourth-order valence-electron chi connectivity index (χ4n) is 3.14. The first kappa shape index (κ1) is 14.1. The summed E-state index contributed by atoms with van der Waals surface area (Å²) in [6.45, 7) is 7.13. The summed E-state index contributed by atoms with van der Waals surface area (Å²) in [6, 6.07) is 6.82. The van der Waals surface area contributed by atoms with Gasteiger partial charge in [0.2, 0.25) is 0 Å². The topological polar surface area (TPSA) is 33.1 Å². The summed E-state index contributed by atoms with van der Waals surface area (Å²) in [7, 11) is 4.17. The fourth-order valence-corrected chi connectivity index (χ4v) is 3.14. The number of fused-ring (bicyclic) bond motifs is 1. The number of anilines is 1. The molecule has 1 N–H and O–H groups in total. The molecule has 21 heavy (non-hydrogen) atoms. The molecule has 4 heteroatoms. The third-order valence-electron chi connectivity index (χ3n) is 4.56. The normalized spacial score (nSPS) is 13.8. The molecule has 1 aromatic heterocycles. The fraction of sp³-hybridized carbons (Fsp3) is 0.471. The van der Waals surface area contributed by atoms with Crippen LogP contribution in [0.25, 0.3) is 0 Å². The molecule has 1 aliphatic rings. The lowest BCUT2D eigenvalue weighted by Crippen LogP contribution is -2.14. The molecule has 0 radical (unpaired) electrons. The first-order valence-corrected chi connectivity index (χ1v) is 7.59. The molecule has 0 bridgehead atoms. The van der Waals surface area contributed by atoms with Crippen molar-refractivity contribution in [2.24, 2.45) is 7.05 Å². The Labute approximate surface area is 126 Å². The second-order valence-electron chi connectivity index (χ2n) is 6.01. The minimum atomic E-state index is 0.877. The number of hydrogen-bond acceptors (Lipinski definition) is 3. The second kappa shape index (κ2) is 5.53. The van der Waals surface area contributed by atoms with Crippen LogP contribution in [0.15, 0.2) is 18.2 Å². The Morgan fingerprint density at radius 3 is 2.71 bits per heavy atom. The minimum Gasteiger partial charge on any atom is -0.374 e. The molecule has 0 amide bonds. The average Bonchev–Trinajstić information content (AvgIpc) is 2.94. The number of aryl methyl sites for hydroxylation is 2. The zero-order valence-corrected chi connectivity index (χ0v) is 13.4. The van der Waals surface area contributed by atoms with Crippen molar-refractivity contribution < 1.29 is 0 Å². The average molecular weight is 284 g/mol. The van der Waals surface area contributed by atoms with Gasteiger partial charge in [-0.3, -0.25) is 4.68 Å². The van der Waals surface area contributed by atoms with Crippen molar-refractivity contribution in [2.75, 3.05) is 18.5 Å². The van der Waals surface area contributed by atoms with E-state index in [0.29, 0.717) is 0 Å². The molecule has 0 saturated heterocycles. The van der Waals surface area contributed by atoms with Crippen LogP contribution in [0, 0.1) is 13.8 Å². The summed E-state index contributed by atoms with van der Waals surface area (Å²) >= 11 is 0. The Morgan fingerprint density at radius 2 is 2.00 bits per heavy atom. The smallest absolute Gasteiger partial charge is 0.0641 e. The van der Waals surface area contributed by atoms with E-state index in [1.807, 2.05) is 11.7 Å². The molecule has 0 aliphatic carbocycles. The summed E-state index contributed by atoms with van der Waals surface area (Å²) in [5.74, 6) is 0. The zero-order chi connectivity index (χ0) is 15.0. The van der Waals surface area contributed by atoms with E-state index < -0.39 is 0 Å². The van der Waals surface area contributed by atoms with E-state index in [2.05, 4.69) is 54.4 Å². The predicted octanol–water partition coefficient (Wildman–Crippen LogP) is 2.32. The molecular weight excluding hydrogens is 260 g/mol. The molecule has 4 nitrogen and oxygen atoms in total. The maximum Gasteiger partial charge on any atom is 0.0641 e. The maximum atomic E-state index is 4.46. The van der Waals surface area contributed by atoms with Gasteiger partial charge >= 0.3 is 0 Å². The van der Waals surface area contributed by atoms with Crippen molar-refractivity contribution in [1.82, 2.24) is 15.1 Å². The molecule has 0 unspecified atom stereocenters. The van der Waals surface area contributed by atoms with Gasteiger partial charge < -0.3 is 10.2 Å². The van der Waals surface area contributed by atoms with Gasteiger partial charge in [-0.25, -0.2) is 0 Å². The van der Waals surface area contributed by atoms with Gasteiger partial charge in [-0.2, -0.15) is 5.10 Å². The lowest BCUT2D eigenvalue weighted by Gasteiger charge is -2.12. The van der Waals surface area contributed by atoms with Gasteiger partial charge in [0.15, 0.2) is 0 Å². The van der Waals surface area contributed by atoms with Gasteiger partial charge in [0.05, 0.1) is 5.69 Å². The molecule has 0 fully saturated rings. The summed E-state index contributed by atoms with van der Waals surface area (Å²) in [5.41, 5.74) is 7.92. The van der Waals surface area contributed by atoms with Crippen LogP contribution >= 0.6 is 0 Å².